The van der Waals surface area contributed by atoms with Crippen molar-refractivity contribution >= 4 is 27.9 Å². The lowest BCUT2D eigenvalue weighted by atomic mass is 10.1. The number of ether oxygens (including phenoxy) is 1. The fraction of sp³-hybridized carbons (Fsp3) is 0.364. The molecule has 162 valence electrons. The van der Waals surface area contributed by atoms with Gasteiger partial charge in [0.25, 0.3) is 0 Å². The summed E-state index contributed by atoms with van der Waals surface area (Å²) in [6.07, 6.45) is 5.07. The van der Waals surface area contributed by atoms with Gasteiger partial charge in [-0.15, -0.1) is 0 Å². The first-order chi connectivity index (χ1) is 14.8. The standard InChI is InChI=1S/C22H26N6O3/c1-4-31-11-17-27-19-20(28(17)12-22(2,3)30)18-16(26-21(19)23)6-15(9-25-18)14-5-13(10-29)7-24-8-14/h5-9,29-30H,4,10-12H2,1-3H3,(H2,23,26). The van der Waals surface area contributed by atoms with Gasteiger partial charge in [0.2, 0.25) is 0 Å². The average molecular weight is 422 g/mol. The summed E-state index contributed by atoms with van der Waals surface area (Å²) in [5.41, 5.74) is 10.1. The van der Waals surface area contributed by atoms with Crippen LogP contribution in [0.4, 0.5) is 5.82 Å². The lowest BCUT2D eigenvalue weighted by Crippen LogP contribution is -2.27. The van der Waals surface area contributed by atoms with E-state index in [9.17, 15) is 10.2 Å². The van der Waals surface area contributed by atoms with Crippen molar-refractivity contribution in [2.24, 2.45) is 0 Å². The number of pyridine rings is 3. The van der Waals surface area contributed by atoms with Crippen LogP contribution in [0.3, 0.4) is 0 Å². The molecule has 4 rings (SSSR count). The van der Waals surface area contributed by atoms with Gasteiger partial charge in [0, 0.05) is 36.3 Å². The molecule has 0 fully saturated rings. The molecule has 4 aromatic rings. The predicted octanol–water partition coefficient (Wildman–Crippen LogP) is 2.42. The van der Waals surface area contributed by atoms with E-state index in [4.69, 9.17) is 10.5 Å². The third kappa shape index (κ3) is 4.20. The second-order valence-electron chi connectivity index (χ2n) is 8.09. The van der Waals surface area contributed by atoms with Crippen molar-refractivity contribution in [1.29, 1.82) is 0 Å². The molecule has 31 heavy (non-hydrogen) atoms. The van der Waals surface area contributed by atoms with E-state index >= 15 is 0 Å². The first-order valence-corrected chi connectivity index (χ1v) is 10.1. The van der Waals surface area contributed by atoms with Crippen LogP contribution in [0, 0.1) is 0 Å². The summed E-state index contributed by atoms with van der Waals surface area (Å²) in [5.74, 6) is 0.946. The SMILES string of the molecule is CCOCc1nc2c(N)nc3cc(-c4cncc(CO)c4)cnc3c2n1CC(C)(C)O. The smallest absolute Gasteiger partial charge is 0.152 e. The van der Waals surface area contributed by atoms with Crippen molar-refractivity contribution < 1.29 is 14.9 Å². The highest BCUT2D eigenvalue weighted by Gasteiger charge is 2.23. The summed E-state index contributed by atoms with van der Waals surface area (Å²) in [6.45, 7) is 6.44. The van der Waals surface area contributed by atoms with E-state index in [0.717, 1.165) is 11.1 Å². The third-order valence-electron chi connectivity index (χ3n) is 4.91. The van der Waals surface area contributed by atoms with Gasteiger partial charge in [-0.1, -0.05) is 0 Å². The number of hydrogen-bond donors (Lipinski definition) is 3. The fourth-order valence-corrected chi connectivity index (χ4v) is 3.57. The van der Waals surface area contributed by atoms with Gasteiger partial charge in [-0.3, -0.25) is 9.97 Å². The Morgan fingerprint density at radius 3 is 2.58 bits per heavy atom. The van der Waals surface area contributed by atoms with Crippen molar-refractivity contribution in [1.82, 2.24) is 24.5 Å². The van der Waals surface area contributed by atoms with E-state index in [0.29, 0.717) is 53.2 Å². The van der Waals surface area contributed by atoms with Crippen LogP contribution < -0.4 is 5.73 Å². The molecule has 0 spiro atoms. The summed E-state index contributed by atoms with van der Waals surface area (Å²) < 4.78 is 7.49. The molecule has 0 saturated heterocycles. The van der Waals surface area contributed by atoms with Crippen LogP contribution in [0.2, 0.25) is 0 Å². The molecule has 0 unspecified atom stereocenters. The van der Waals surface area contributed by atoms with E-state index in [1.54, 1.807) is 32.4 Å². The van der Waals surface area contributed by atoms with Crippen molar-refractivity contribution in [2.45, 2.75) is 46.1 Å². The first kappa shape index (κ1) is 21.1. The molecule has 0 aliphatic rings. The van der Waals surface area contributed by atoms with Crippen LogP contribution in [-0.4, -0.2) is 46.9 Å². The molecule has 0 saturated carbocycles. The van der Waals surface area contributed by atoms with Crippen LogP contribution in [0.1, 0.15) is 32.2 Å². The normalized spacial score (nSPS) is 12.2. The Morgan fingerprint density at radius 2 is 1.87 bits per heavy atom. The number of hydrogen-bond acceptors (Lipinski definition) is 8. The number of rotatable bonds is 7. The van der Waals surface area contributed by atoms with Gasteiger partial charge in [0.15, 0.2) is 5.82 Å². The Kier molecular flexibility index (Phi) is 5.57. The van der Waals surface area contributed by atoms with Crippen molar-refractivity contribution in [3.63, 3.8) is 0 Å². The molecule has 9 heteroatoms. The van der Waals surface area contributed by atoms with Gasteiger partial charge in [0.1, 0.15) is 29.0 Å². The number of nitrogen functional groups attached to an aromatic ring is 1. The number of anilines is 1. The van der Waals surface area contributed by atoms with Crippen LogP contribution >= 0.6 is 0 Å². The fourth-order valence-electron chi connectivity index (χ4n) is 3.57. The van der Waals surface area contributed by atoms with Gasteiger partial charge in [-0.2, -0.15) is 0 Å². The Labute approximate surface area is 179 Å². The molecular weight excluding hydrogens is 396 g/mol. The molecule has 0 aromatic carbocycles. The van der Waals surface area contributed by atoms with Crippen molar-refractivity contribution in [3.05, 3.63) is 42.1 Å². The molecule has 4 aromatic heterocycles. The largest absolute Gasteiger partial charge is 0.392 e. The van der Waals surface area contributed by atoms with Crippen LogP contribution in [0.15, 0.2) is 30.7 Å². The van der Waals surface area contributed by atoms with E-state index in [-0.39, 0.29) is 12.4 Å². The van der Waals surface area contributed by atoms with Gasteiger partial charge < -0.3 is 25.3 Å². The second kappa shape index (κ2) is 8.18. The number of fused-ring (bicyclic) bond motifs is 3. The quantitative estimate of drug-likeness (QED) is 0.414. The molecule has 0 atom stereocenters. The summed E-state index contributed by atoms with van der Waals surface area (Å²) in [4.78, 5) is 18.0. The van der Waals surface area contributed by atoms with Crippen LogP contribution in [0.25, 0.3) is 33.2 Å². The van der Waals surface area contributed by atoms with E-state index in [1.165, 1.54) is 0 Å². The molecule has 0 aliphatic carbocycles. The summed E-state index contributed by atoms with van der Waals surface area (Å²) in [5, 5.41) is 19.9. The topological polar surface area (TPSA) is 132 Å². The minimum absolute atomic E-state index is 0.0909. The van der Waals surface area contributed by atoms with E-state index < -0.39 is 5.60 Å². The zero-order chi connectivity index (χ0) is 22.2. The Hall–Kier alpha value is -3.14. The van der Waals surface area contributed by atoms with Gasteiger partial charge in [-0.25, -0.2) is 9.97 Å². The number of nitrogens with zero attached hydrogens (tertiary/aromatic N) is 5. The number of imidazole rings is 1. The number of aromatic nitrogens is 5. The molecule has 0 aliphatic heterocycles. The average Bonchev–Trinajstić information content (AvgIpc) is 3.09. The number of nitrogens with two attached hydrogens (primary N) is 1. The Balaban J connectivity index is 1.94. The maximum atomic E-state index is 10.5. The zero-order valence-corrected chi connectivity index (χ0v) is 17.8. The van der Waals surface area contributed by atoms with E-state index in [1.807, 2.05) is 23.6 Å². The molecule has 4 N–H and O–H groups in total. The number of aliphatic hydroxyl groups is 2. The summed E-state index contributed by atoms with van der Waals surface area (Å²) in [6, 6.07) is 3.75. The first-order valence-electron chi connectivity index (χ1n) is 10.1. The molecule has 0 bridgehead atoms. The van der Waals surface area contributed by atoms with E-state index in [2.05, 4.69) is 19.9 Å². The van der Waals surface area contributed by atoms with Gasteiger partial charge >= 0.3 is 0 Å². The molecular formula is C22H26N6O3. The molecule has 0 amide bonds. The maximum Gasteiger partial charge on any atom is 0.152 e. The molecule has 4 heterocycles. The maximum absolute atomic E-state index is 10.5. The third-order valence-corrected chi connectivity index (χ3v) is 4.91. The summed E-state index contributed by atoms with van der Waals surface area (Å²) in [7, 11) is 0. The highest BCUT2D eigenvalue weighted by Crippen LogP contribution is 2.31. The Bertz CT molecular complexity index is 1250. The van der Waals surface area contributed by atoms with Gasteiger partial charge in [-0.05, 0) is 38.5 Å². The summed E-state index contributed by atoms with van der Waals surface area (Å²) >= 11 is 0. The van der Waals surface area contributed by atoms with Gasteiger partial charge in [0.05, 0.1) is 24.3 Å². The highest BCUT2D eigenvalue weighted by molar-refractivity contribution is 6.05. The number of aliphatic hydroxyl groups excluding tert-OH is 1. The van der Waals surface area contributed by atoms with Crippen LogP contribution in [-0.2, 0) is 24.5 Å². The highest BCUT2D eigenvalue weighted by atomic mass is 16.5. The lowest BCUT2D eigenvalue weighted by molar-refractivity contribution is 0.0582. The minimum Gasteiger partial charge on any atom is -0.392 e. The zero-order valence-electron chi connectivity index (χ0n) is 17.8. The van der Waals surface area contributed by atoms with Crippen LogP contribution in [0.5, 0.6) is 0 Å². The van der Waals surface area contributed by atoms with Crippen molar-refractivity contribution in [3.8, 4) is 11.1 Å². The molecule has 0 radical (unpaired) electrons. The monoisotopic (exact) mass is 422 g/mol. The van der Waals surface area contributed by atoms with Crippen molar-refractivity contribution in [2.75, 3.05) is 12.3 Å². The lowest BCUT2D eigenvalue weighted by Gasteiger charge is -2.20. The Morgan fingerprint density at radius 1 is 1.10 bits per heavy atom. The minimum atomic E-state index is -0.977. The molecule has 9 nitrogen and oxygen atoms in total. The predicted molar refractivity (Wildman–Crippen MR) is 118 cm³/mol. The second-order valence-corrected chi connectivity index (χ2v) is 8.09.